The van der Waals surface area contributed by atoms with E-state index in [0.29, 0.717) is 13.1 Å². The van der Waals surface area contributed by atoms with Gasteiger partial charge in [-0.25, -0.2) is 4.39 Å². The van der Waals surface area contributed by atoms with Crippen LogP contribution in [0.15, 0.2) is 42.5 Å². The highest BCUT2D eigenvalue weighted by molar-refractivity contribution is 6.31. The highest BCUT2D eigenvalue weighted by Gasteiger charge is 2.24. The van der Waals surface area contributed by atoms with E-state index in [1.807, 2.05) is 43.3 Å². The van der Waals surface area contributed by atoms with Gasteiger partial charge in [-0.15, -0.1) is 0 Å². The minimum absolute atomic E-state index is 0.0288. The number of carbonyl (C=O) groups excluding carboxylic acids is 1. The van der Waals surface area contributed by atoms with E-state index in [1.165, 1.54) is 6.07 Å². The number of anilines is 1. The van der Waals surface area contributed by atoms with Crippen molar-refractivity contribution >= 4 is 23.2 Å². The standard InChI is InChI=1S/C22H26ClFN2O2/c1-25(2)17-10-8-16(9-11-17)14-26(15-18-5-4-12-28-18)22(27)13-19-20(23)6-3-7-21(19)24/h3,6-11,18H,4-5,12-15H2,1-2H3. The minimum atomic E-state index is -0.451. The van der Waals surface area contributed by atoms with E-state index in [4.69, 9.17) is 16.3 Å². The van der Waals surface area contributed by atoms with Gasteiger partial charge < -0.3 is 14.5 Å². The molecule has 0 radical (unpaired) electrons. The Hall–Kier alpha value is -2.11. The third kappa shape index (κ3) is 5.24. The van der Waals surface area contributed by atoms with Crippen molar-refractivity contribution in [1.82, 2.24) is 4.90 Å². The van der Waals surface area contributed by atoms with Crippen molar-refractivity contribution in [2.24, 2.45) is 0 Å². The first-order valence-corrected chi connectivity index (χ1v) is 9.90. The van der Waals surface area contributed by atoms with Crippen LogP contribution in [0, 0.1) is 5.82 Å². The zero-order valence-electron chi connectivity index (χ0n) is 16.3. The molecule has 1 aliphatic rings. The summed E-state index contributed by atoms with van der Waals surface area (Å²) in [7, 11) is 3.97. The second-order valence-electron chi connectivity index (χ2n) is 7.35. The molecular weight excluding hydrogens is 379 g/mol. The Labute approximate surface area is 170 Å². The summed E-state index contributed by atoms with van der Waals surface area (Å²) in [6, 6.07) is 12.6. The molecule has 4 nitrogen and oxygen atoms in total. The fourth-order valence-electron chi connectivity index (χ4n) is 3.37. The molecule has 2 aromatic rings. The molecule has 1 aliphatic heterocycles. The lowest BCUT2D eigenvalue weighted by Gasteiger charge is -2.26. The average Bonchev–Trinajstić information content (AvgIpc) is 3.18. The van der Waals surface area contributed by atoms with E-state index >= 15 is 0 Å². The number of halogens is 2. The van der Waals surface area contributed by atoms with Gasteiger partial charge in [0.15, 0.2) is 0 Å². The Kier molecular flexibility index (Phi) is 6.92. The van der Waals surface area contributed by atoms with Gasteiger partial charge in [0.1, 0.15) is 5.82 Å². The maximum Gasteiger partial charge on any atom is 0.227 e. The summed E-state index contributed by atoms with van der Waals surface area (Å²) in [6.07, 6.45) is 1.90. The molecule has 0 spiro atoms. The molecule has 0 N–H and O–H groups in total. The molecule has 1 saturated heterocycles. The topological polar surface area (TPSA) is 32.8 Å². The van der Waals surface area contributed by atoms with Gasteiger partial charge in [0.2, 0.25) is 5.91 Å². The zero-order valence-corrected chi connectivity index (χ0v) is 17.1. The largest absolute Gasteiger partial charge is 0.378 e. The zero-order chi connectivity index (χ0) is 20.1. The number of rotatable bonds is 7. The highest BCUT2D eigenvalue weighted by atomic mass is 35.5. The fraction of sp³-hybridized carbons (Fsp3) is 0.409. The molecule has 1 fully saturated rings. The third-order valence-electron chi connectivity index (χ3n) is 5.02. The molecule has 0 bridgehead atoms. The van der Waals surface area contributed by atoms with Crippen molar-refractivity contribution in [2.75, 3.05) is 32.1 Å². The summed E-state index contributed by atoms with van der Waals surface area (Å²) in [5, 5.41) is 0.278. The van der Waals surface area contributed by atoms with E-state index < -0.39 is 5.82 Å². The Morgan fingerprint density at radius 3 is 2.57 bits per heavy atom. The monoisotopic (exact) mass is 404 g/mol. The van der Waals surface area contributed by atoms with Crippen LogP contribution in [0.5, 0.6) is 0 Å². The second kappa shape index (κ2) is 9.39. The summed E-state index contributed by atoms with van der Waals surface area (Å²) in [5.74, 6) is -0.604. The number of amides is 1. The summed E-state index contributed by atoms with van der Waals surface area (Å²) < 4.78 is 19.9. The normalized spacial score (nSPS) is 16.2. The predicted octanol–water partition coefficient (Wildman–Crippen LogP) is 4.30. The van der Waals surface area contributed by atoms with E-state index in [2.05, 4.69) is 0 Å². The number of nitrogens with zero attached hydrogens (tertiary/aromatic N) is 2. The fourth-order valence-corrected chi connectivity index (χ4v) is 3.60. The van der Waals surface area contributed by atoms with E-state index in [9.17, 15) is 9.18 Å². The Morgan fingerprint density at radius 1 is 1.21 bits per heavy atom. The average molecular weight is 405 g/mol. The molecular formula is C22H26ClFN2O2. The molecule has 2 aromatic carbocycles. The Bertz CT molecular complexity index is 784. The lowest BCUT2D eigenvalue weighted by atomic mass is 10.1. The summed E-state index contributed by atoms with van der Waals surface area (Å²) in [4.78, 5) is 16.8. The lowest BCUT2D eigenvalue weighted by Crippen LogP contribution is -2.38. The molecule has 1 amide bonds. The summed E-state index contributed by atoms with van der Waals surface area (Å²) in [5.41, 5.74) is 2.37. The maximum absolute atomic E-state index is 14.1. The Morgan fingerprint density at radius 2 is 1.96 bits per heavy atom. The number of ether oxygens (including phenoxy) is 1. The van der Waals surface area contributed by atoms with Gasteiger partial charge in [0, 0.05) is 50.1 Å². The molecule has 0 saturated carbocycles. The van der Waals surface area contributed by atoms with E-state index in [0.717, 1.165) is 30.7 Å². The number of benzene rings is 2. The number of carbonyl (C=O) groups is 1. The molecule has 1 atom stereocenters. The maximum atomic E-state index is 14.1. The summed E-state index contributed by atoms with van der Waals surface area (Å²) in [6.45, 7) is 1.68. The van der Waals surface area contributed by atoms with Crippen molar-refractivity contribution in [3.63, 3.8) is 0 Å². The SMILES string of the molecule is CN(C)c1ccc(CN(CC2CCCO2)C(=O)Cc2c(F)cccc2Cl)cc1. The molecule has 1 heterocycles. The van der Waals surface area contributed by atoms with Crippen LogP contribution in [-0.2, 0) is 22.5 Å². The van der Waals surface area contributed by atoms with E-state index in [1.54, 1.807) is 17.0 Å². The first-order chi connectivity index (χ1) is 13.4. The van der Waals surface area contributed by atoms with E-state index in [-0.39, 0.29) is 29.0 Å². The van der Waals surface area contributed by atoms with Crippen LogP contribution in [0.25, 0.3) is 0 Å². The van der Waals surface area contributed by atoms with Crippen molar-refractivity contribution in [1.29, 1.82) is 0 Å². The van der Waals surface area contributed by atoms with Crippen LogP contribution in [0.3, 0.4) is 0 Å². The molecule has 0 aliphatic carbocycles. The molecule has 1 unspecified atom stereocenters. The molecule has 3 rings (SSSR count). The van der Waals surface area contributed by atoms with Crippen LogP contribution in [0.2, 0.25) is 5.02 Å². The minimum Gasteiger partial charge on any atom is -0.378 e. The van der Waals surface area contributed by atoms with Crippen molar-refractivity contribution < 1.29 is 13.9 Å². The first kappa shape index (κ1) is 20.6. The molecule has 28 heavy (non-hydrogen) atoms. The van der Waals surface area contributed by atoms with Crippen LogP contribution >= 0.6 is 11.6 Å². The van der Waals surface area contributed by atoms with Crippen LogP contribution in [-0.4, -0.2) is 44.2 Å². The van der Waals surface area contributed by atoms with Crippen molar-refractivity contribution in [3.05, 3.63) is 64.4 Å². The quantitative estimate of drug-likeness (QED) is 0.690. The number of hydrogen-bond donors (Lipinski definition) is 0. The van der Waals surface area contributed by atoms with Gasteiger partial charge in [-0.3, -0.25) is 4.79 Å². The van der Waals surface area contributed by atoms with Crippen LogP contribution in [0.4, 0.5) is 10.1 Å². The lowest BCUT2D eigenvalue weighted by molar-refractivity contribution is -0.132. The van der Waals surface area contributed by atoms with Crippen molar-refractivity contribution in [3.8, 4) is 0 Å². The van der Waals surface area contributed by atoms with Crippen LogP contribution < -0.4 is 4.90 Å². The molecule has 6 heteroatoms. The molecule has 150 valence electrons. The predicted molar refractivity (Wildman–Crippen MR) is 110 cm³/mol. The summed E-state index contributed by atoms with van der Waals surface area (Å²) >= 11 is 6.12. The van der Waals surface area contributed by atoms with Gasteiger partial charge >= 0.3 is 0 Å². The van der Waals surface area contributed by atoms with Gasteiger partial charge in [0.05, 0.1) is 12.5 Å². The molecule has 0 aromatic heterocycles. The van der Waals surface area contributed by atoms with Crippen molar-refractivity contribution in [2.45, 2.75) is 31.9 Å². The second-order valence-corrected chi connectivity index (χ2v) is 7.75. The van der Waals surface area contributed by atoms with Gasteiger partial charge in [-0.05, 0) is 42.7 Å². The first-order valence-electron chi connectivity index (χ1n) is 9.52. The van der Waals surface area contributed by atoms with Gasteiger partial charge in [-0.2, -0.15) is 0 Å². The smallest absolute Gasteiger partial charge is 0.227 e. The third-order valence-corrected chi connectivity index (χ3v) is 5.37. The Balaban J connectivity index is 1.76. The van der Waals surface area contributed by atoms with Gasteiger partial charge in [-0.1, -0.05) is 29.8 Å². The number of hydrogen-bond acceptors (Lipinski definition) is 3. The van der Waals surface area contributed by atoms with Crippen LogP contribution in [0.1, 0.15) is 24.0 Å². The highest BCUT2D eigenvalue weighted by Crippen LogP contribution is 2.22. The van der Waals surface area contributed by atoms with Gasteiger partial charge in [0.25, 0.3) is 0 Å².